The van der Waals surface area contributed by atoms with Crippen molar-refractivity contribution in [2.75, 3.05) is 71.2 Å². The third-order valence-electron chi connectivity index (χ3n) is 5.04. The van der Waals surface area contributed by atoms with Crippen LogP contribution in [0.5, 0.6) is 5.75 Å². The van der Waals surface area contributed by atoms with Crippen molar-refractivity contribution in [3.63, 3.8) is 0 Å². The van der Waals surface area contributed by atoms with E-state index in [1.54, 1.807) is 36.3 Å². The molecule has 3 rings (SSSR count). The summed E-state index contributed by atoms with van der Waals surface area (Å²) < 4.78 is 36.4. The molecule has 2 fully saturated rings. The number of nitrogens with zero attached hydrogens (tertiary/aromatic N) is 3. The van der Waals surface area contributed by atoms with Gasteiger partial charge in [0.1, 0.15) is 5.75 Å². The highest BCUT2D eigenvalue weighted by Crippen LogP contribution is 2.21. The third kappa shape index (κ3) is 5.34. The van der Waals surface area contributed by atoms with Crippen LogP contribution in [-0.2, 0) is 14.8 Å². The van der Waals surface area contributed by atoms with E-state index in [1.807, 2.05) is 0 Å². The molecule has 0 spiro atoms. The van der Waals surface area contributed by atoms with E-state index < -0.39 is 10.0 Å². The zero-order valence-corrected chi connectivity index (χ0v) is 17.2. The first-order valence-electron chi connectivity index (χ1n) is 9.34. The SMILES string of the molecule is COc1cccc(NC(=O)N2CC(N(CCN3CCOCC3)S(C)(=O)=O)C2)c1. The first kappa shape index (κ1) is 20.8. The molecule has 0 atom stereocenters. The van der Waals surface area contributed by atoms with Gasteiger partial charge in [-0.05, 0) is 12.1 Å². The Labute approximate surface area is 166 Å². The number of benzene rings is 1. The predicted molar refractivity (Wildman–Crippen MR) is 106 cm³/mol. The van der Waals surface area contributed by atoms with Crippen LogP contribution in [0.3, 0.4) is 0 Å². The zero-order valence-electron chi connectivity index (χ0n) is 16.3. The molecule has 0 bridgehead atoms. The van der Waals surface area contributed by atoms with Crippen LogP contribution >= 0.6 is 0 Å². The Morgan fingerprint density at radius 1 is 1.32 bits per heavy atom. The Morgan fingerprint density at radius 3 is 2.68 bits per heavy atom. The molecule has 2 amide bonds. The van der Waals surface area contributed by atoms with Crippen molar-refractivity contribution in [1.82, 2.24) is 14.1 Å². The maximum absolute atomic E-state index is 12.4. The van der Waals surface area contributed by atoms with Gasteiger partial charge >= 0.3 is 6.03 Å². The molecule has 0 aromatic heterocycles. The highest BCUT2D eigenvalue weighted by molar-refractivity contribution is 7.88. The van der Waals surface area contributed by atoms with Crippen molar-refractivity contribution in [2.45, 2.75) is 6.04 Å². The van der Waals surface area contributed by atoms with Crippen LogP contribution in [0.2, 0.25) is 0 Å². The molecule has 156 valence electrons. The van der Waals surface area contributed by atoms with Gasteiger partial charge in [-0.15, -0.1) is 0 Å². The van der Waals surface area contributed by atoms with Crippen LogP contribution in [0, 0.1) is 0 Å². The molecule has 10 heteroatoms. The summed E-state index contributed by atoms with van der Waals surface area (Å²) in [5, 5.41) is 2.82. The molecule has 1 N–H and O–H groups in total. The number of carbonyl (C=O) groups is 1. The van der Waals surface area contributed by atoms with E-state index in [-0.39, 0.29) is 12.1 Å². The number of hydrogen-bond acceptors (Lipinski definition) is 6. The van der Waals surface area contributed by atoms with Gasteiger partial charge in [-0.2, -0.15) is 4.31 Å². The van der Waals surface area contributed by atoms with Crippen LogP contribution in [0.4, 0.5) is 10.5 Å². The number of nitrogens with one attached hydrogen (secondary N) is 1. The monoisotopic (exact) mass is 412 g/mol. The Kier molecular flexibility index (Phi) is 6.76. The van der Waals surface area contributed by atoms with Crippen molar-refractivity contribution in [1.29, 1.82) is 0 Å². The minimum atomic E-state index is -3.34. The second-order valence-electron chi connectivity index (χ2n) is 7.05. The fraction of sp³-hybridized carbons (Fsp3) is 0.611. The summed E-state index contributed by atoms with van der Waals surface area (Å²) in [6, 6.07) is 6.68. The summed E-state index contributed by atoms with van der Waals surface area (Å²) in [7, 11) is -1.78. The van der Waals surface area contributed by atoms with E-state index in [9.17, 15) is 13.2 Å². The molecule has 9 nitrogen and oxygen atoms in total. The van der Waals surface area contributed by atoms with E-state index in [4.69, 9.17) is 9.47 Å². The number of urea groups is 1. The molecule has 2 aliphatic rings. The van der Waals surface area contributed by atoms with Gasteiger partial charge in [0.05, 0.1) is 32.6 Å². The summed E-state index contributed by atoms with van der Waals surface area (Å²) in [6.45, 7) is 4.85. The molecule has 0 saturated carbocycles. The van der Waals surface area contributed by atoms with E-state index in [1.165, 1.54) is 10.6 Å². The van der Waals surface area contributed by atoms with E-state index in [2.05, 4.69) is 10.2 Å². The summed E-state index contributed by atoms with van der Waals surface area (Å²) in [5.74, 6) is 0.658. The van der Waals surface area contributed by atoms with Gasteiger partial charge in [-0.25, -0.2) is 13.2 Å². The number of carbonyl (C=O) groups excluding carboxylic acids is 1. The standard InChI is InChI=1S/C18H28N4O5S/c1-26-17-5-3-4-15(12-17)19-18(23)21-13-16(14-21)22(28(2,24)25)7-6-20-8-10-27-11-9-20/h3-5,12,16H,6-11,13-14H2,1-2H3,(H,19,23). The van der Waals surface area contributed by atoms with Crippen molar-refractivity contribution in [3.05, 3.63) is 24.3 Å². The van der Waals surface area contributed by atoms with Gasteiger partial charge in [-0.3, -0.25) is 4.90 Å². The number of anilines is 1. The van der Waals surface area contributed by atoms with Crippen LogP contribution in [0.1, 0.15) is 0 Å². The van der Waals surface area contributed by atoms with Crippen LogP contribution < -0.4 is 10.1 Å². The fourth-order valence-corrected chi connectivity index (χ4v) is 4.48. The lowest BCUT2D eigenvalue weighted by atomic mass is 10.1. The highest BCUT2D eigenvalue weighted by Gasteiger charge is 2.38. The number of ether oxygens (including phenoxy) is 2. The molecule has 1 aromatic rings. The van der Waals surface area contributed by atoms with Gasteiger partial charge in [-0.1, -0.05) is 6.07 Å². The molecule has 2 saturated heterocycles. The molecule has 0 unspecified atom stereocenters. The average molecular weight is 413 g/mol. The van der Waals surface area contributed by atoms with Crippen molar-refractivity contribution < 1.29 is 22.7 Å². The minimum absolute atomic E-state index is 0.188. The van der Waals surface area contributed by atoms with Gasteiger partial charge in [0.2, 0.25) is 10.0 Å². The summed E-state index contributed by atoms with van der Waals surface area (Å²) in [6.07, 6.45) is 1.23. The number of amides is 2. The Balaban J connectivity index is 1.51. The second-order valence-corrected chi connectivity index (χ2v) is 8.98. The molecule has 2 heterocycles. The number of morpholine rings is 1. The van der Waals surface area contributed by atoms with E-state index in [0.29, 0.717) is 50.8 Å². The fourth-order valence-electron chi connectivity index (χ4n) is 3.39. The van der Waals surface area contributed by atoms with E-state index in [0.717, 1.165) is 13.1 Å². The molecule has 28 heavy (non-hydrogen) atoms. The average Bonchev–Trinajstić information content (AvgIpc) is 2.63. The summed E-state index contributed by atoms with van der Waals surface area (Å²) >= 11 is 0. The number of sulfonamides is 1. The normalized spacial score (nSPS) is 18.8. The first-order valence-corrected chi connectivity index (χ1v) is 11.2. The molecule has 1 aromatic carbocycles. The minimum Gasteiger partial charge on any atom is -0.497 e. The van der Waals surface area contributed by atoms with Crippen LogP contribution in [0.25, 0.3) is 0 Å². The van der Waals surface area contributed by atoms with Crippen molar-refractivity contribution in [3.8, 4) is 5.75 Å². The first-order chi connectivity index (χ1) is 13.4. The van der Waals surface area contributed by atoms with Crippen molar-refractivity contribution in [2.24, 2.45) is 0 Å². The number of rotatable bonds is 7. The molecular formula is C18H28N4O5S. The third-order valence-corrected chi connectivity index (χ3v) is 6.38. The van der Waals surface area contributed by atoms with Gasteiger partial charge < -0.3 is 19.7 Å². The zero-order chi connectivity index (χ0) is 20.1. The maximum atomic E-state index is 12.4. The number of hydrogen-bond donors (Lipinski definition) is 1. The lowest BCUT2D eigenvalue weighted by Gasteiger charge is -2.44. The van der Waals surface area contributed by atoms with Crippen LogP contribution in [0.15, 0.2) is 24.3 Å². The van der Waals surface area contributed by atoms with Crippen LogP contribution in [-0.4, -0.2) is 100 Å². The predicted octanol–water partition coefficient (Wildman–Crippen LogP) is 0.505. The molecular weight excluding hydrogens is 384 g/mol. The lowest BCUT2D eigenvalue weighted by molar-refractivity contribution is 0.0318. The highest BCUT2D eigenvalue weighted by atomic mass is 32.2. The van der Waals surface area contributed by atoms with Gasteiger partial charge in [0.25, 0.3) is 0 Å². The smallest absolute Gasteiger partial charge is 0.321 e. The topological polar surface area (TPSA) is 91.4 Å². The summed E-state index contributed by atoms with van der Waals surface area (Å²) in [5.41, 5.74) is 0.639. The largest absolute Gasteiger partial charge is 0.497 e. The number of methoxy groups -OCH3 is 1. The maximum Gasteiger partial charge on any atom is 0.321 e. The summed E-state index contributed by atoms with van der Waals surface area (Å²) in [4.78, 5) is 16.2. The quantitative estimate of drug-likeness (QED) is 0.702. The van der Waals surface area contributed by atoms with E-state index >= 15 is 0 Å². The Morgan fingerprint density at radius 2 is 2.04 bits per heavy atom. The lowest BCUT2D eigenvalue weighted by Crippen LogP contribution is -2.63. The Hall–Kier alpha value is -1.88. The second kappa shape index (κ2) is 9.08. The van der Waals surface area contributed by atoms with Crippen molar-refractivity contribution >= 4 is 21.7 Å². The number of likely N-dealkylation sites (tertiary alicyclic amines) is 1. The van der Waals surface area contributed by atoms with Gasteiger partial charge in [0, 0.05) is 51.0 Å². The molecule has 0 aliphatic carbocycles. The molecule has 2 aliphatic heterocycles. The molecule has 0 radical (unpaired) electrons. The Bertz CT molecular complexity index is 776. The van der Waals surface area contributed by atoms with Gasteiger partial charge in [0.15, 0.2) is 0 Å².